The molecule has 1 aliphatic rings. The first kappa shape index (κ1) is 27.1. The molecule has 12 nitrogen and oxygen atoms in total. The molecule has 0 spiro atoms. The van der Waals surface area contributed by atoms with Gasteiger partial charge in [0, 0.05) is 37.3 Å². The van der Waals surface area contributed by atoms with E-state index in [1.54, 1.807) is 17.0 Å². The average molecular weight is 476 g/mol. The number of carbonyl (C=O) groups is 1. The number of pyridine rings is 1. The maximum atomic E-state index is 12.6. The van der Waals surface area contributed by atoms with Gasteiger partial charge in [0.1, 0.15) is 17.5 Å². The maximum absolute atomic E-state index is 12.6. The molecule has 2 heterocycles. The summed E-state index contributed by atoms with van der Waals surface area (Å²) in [5.74, 6) is 0.727. The Labute approximate surface area is 200 Å². The second-order valence-electron chi connectivity index (χ2n) is 8.54. The van der Waals surface area contributed by atoms with Crippen LogP contribution in [0.2, 0.25) is 0 Å². The topological polar surface area (TPSA) is 146 Å². The van der Waals surface area contributed by atoms with E-state index in [0.29, 0.717) is 71.4 Å². The molecule has 1 saturated heterocycles. The monoisotopic (exact) mass is 475 g/mol. The van der Waals surface area contributed by atoms with Gasteiger partial charge in [0.2, 0.25) is 0 Å². The molecule has 1 amide bonds. The first-order valence-corrected chi connectivity index (χ1v) is 11.2. The normalized spacial score (nSPS) is 16.0. The van der Waals surface area contributed by atoms with Crippen molar-refractivity contribution in [2.24, 2.45) is 5.11 Å². The van der Waals surface area contributed by atoms with Crippen LogP contribution in [0.25, 0.3) is 10.4 Å². The van der Waals surface area contributed by atoms with E-state index >= 15 is 0 Å². The van der Waals surface area contributed by atoms with Crippen LogP contribution in [-0.2, 0) is 18.9 Å². The molecule has 1 aromatic heterocycles. The molecule has 1 unspecified atom stereocenters. The van der Waals surface area contributed by atoms with Crippen LogP contribution < -0.4 is 4.90 Å². The minimum atomic E-state index is -0.571. The number of aromatic nitrogens is 1. The predicted octanol–water partition coefficient (Wildman–Crippen LogP) is 2.74. The summed E-state index contributed by atoms with van der Waals surface area (Å²) in [4.78, 5) is 23.4. The lowest BCUT2D eigenvalue weighted by Crippen LogP contribution is -2.57. The van der Waals surface area contributed by atoms with Gasteiger partial charge in [-0.25, -0.2) is 9.78 Å². The summed E-state index contributed by atoms with van der Waals surface area (Å²) in [6.07, 6.45) is 1.18. The quantitative estimate of drug-likeness (QED) is 0.194. The van der Waals surface area contributed by atoms with Crippen LogP contribution >= 0.6 is 0 Å². The molecule has 1 atom stereocenters. The lowest BCUT2D eigenvalue weighted by molar-refractivity contribution is 0.00326. The summed E-state index contributed by atoms with van der Waals surface area (Å²) in [5, 5.41) is 12.4. The van der Waals surface area contributed by atoms with E-state index in [0.717, 1.165) is 5.82 Å². The number of rotatable bonds is 12. The Morgan fingerprint density at radius 2 is 1.91 bits per heavy atom. The first-order chi connectivity index (χ1) is 16.3. The molecule has 2 rings (SSSR count). The van der Waals surface area contributed by atoms with Crippen molar-refractivity contribution < 1.29 is 23.7 Å². The van der Waals surface area contributed by atoms with Crippen LogP contribution in [0.1, 0.15) is 26.3 Å². The van der Waals surface area contributed by atoms with Gasteiger partial charge in [0.15, 0.2) is 0 Å². The van der Waals surface area contributed by atoms with Crippen LogP contribution in [0.3, 0.4) is 0 Å². The summed E-state index contributed by atoms with van der Waals surface area (Å²) >= 11 is 0. The smallest absolute Gasteiger partial charge is 0.410 e. The molecule has 0 saturated carbocycles. The van der Waals surface area contributed by atoms with Crippen molar-refractivity contribution in [1.82, 2.24) is 9.88 Å². The summed E-state index contributed by atoms with van der Waals surface area (Å²) in [6.45, 7) is 9.65. The molecule has 0 aliphatic carbocycles. The highest BCUT2D eigenvalue weighted by atomic mass is 16.6. The van der Waals surface area contributed by atoms with E-state index in [1.807, 2.05) is 20.8 Å². The van der Waals surface area contributed by atoms with E-state index in [4.69, 9.17) is 29.7 Å². The first-order valence-electron chi connectivity index (χ1n) is 11.2. The fraction of sp³-hybridized carbons (Fsp3) is 0.682. The number of piperazine rings is 1. The zero-order valence-electron chi connectivity index (χ0n) is 20.1. The minimum absolute atomic E-state index is 0.134. The van der Waals surface area contributed by atoms with Crippen LogP contribution in [0, 0.1) is 11.3 Å². The molecule has 34 heavy (non-hydrogen) atoms. The Morgan fingerprint density at radius 1 is 1.21 bits per heavy atom. The summed E-state index contributed by atoms with van der Waals surface area (Å²) in [6, 6.07) is 5.47. The van der Waals surface area contributed by atoms with Gasteiger partial charge in [0.25, 0.3) is 0 Å². The molecule has 1 fully saturated rings. The van der Waals surface area contributed by atoms with Crippen molar-refractivity contribution in [3.05, 3.63) is 34.3 Å². The van der Waals surface area contributed by atoms with Crippen molar-refractivity contribution in [1.29, 1.82) is 5.26 Å². The number of ether oxygens (including phenoxy) is 4. The Kier molecular flexibility index (Phi) is 11.4. The third-order valence-corrected chi connectivity index (χ3v) is 4.76. The van der Waals surface area contributed by atoms with Gasteiger partial charge in [-0.05, 0) is 38.4 Å². The second kappa shape index (κ2) is 14.2. The fourth-order valence-electron chi connectivity index (χ4n) is 3.22. The second-order valence-corrected chi connectivity index (χ2v) is 8.54. The van der Waals surface area contributed by atoms with E-state index in [1.165, 1.54) is 6.20 Å². The van der Waals surface area contributed by atoms with E-state index in [9.17, 15) is 4.79 Å². The third kappa shape index (κ3) is 9.80. The number of azide groups is 1. The molecule has 1 aliphatic heterocycles. The Hall–Kier alpha value is -3.10. The van der Waals surface area contributed by atoms with Gasteiger partial charge in [0.05, 0.1) is 51.2 Å². The number of nitrogens with zero attached hydrogens (tertiary/aromatic N) is 7. The van der Waals surface area contributed by atoms with Crippen LogP contribution in [0.5, 0.6) is 0 Å². The standard InChI is InChI=1S/C22H33N7O5/c1-22(2,3)34-21(30)28-7-8-29(20-5-4-18(14-23)15-25-20)19(16-28)17-33-13-12-32-11-10-31-9-6-26-27-24/h4-5,15,19H,6-13,16-17H2,1-3H3. The Balaban J connectivity index is 1.84. The molecular formula is C22H33N7O5. The van der Waals surface area contributed by atoms with Gasteiger partial charge in [-0.1, -0.05) is 5.11 Å². The number of hydrogen-bond donors (Lipinski definition) is 0. The van der Waals surface area contributed by atoms with E-state index in [2.05, 4.69) is 26.0 Å². The van der Waals surface area contributed by atoms with E-state index < -0.39 is 5.60 Å². The summed E-state index contributed by atoms with van der Waals surface area (Å²) < 4.78 is 22.1. The lowest BCUT2D eigenvalue weighted by Gasteiger charge is -2.42. The van der Waals surface area contributed by atoms with Crippen molar-refractivity contribution in [2.45, 2.75) is 32.4 Å². The van der Waals surface area contributed by atoms with Crippen molar-refractivity contribution in [2.75, 3.05) is 70.7 Å². The van der Waals surface area contributed by atoms with Gasteiger partial charge in [-0.2, -0.15) is 5.26 Å². The number of nitriles is 1. The fourth-order valence-corrected chi connectivity index (χ4v) is 3.22. The zero-order valence-corrected chi connectivity index (χ0v) is 20.1. The average Bonchev–Trinajstić information content (AvgIpc) is 2.81. The van der Waals surface area contributed by atoms with Gasteiger partial charge >= 0.3 is 6.09 Å². The molecule has 0 radical (unpaired) electrons. The molecule has 0 aromatic carbocycles. The van der Waals surface area contributed by atoms with Gasteiger partial charge in [-0.15, -0.1) is 0 Å². The number of amides is 1. The molecule has 1 aromatic rings. The van der Waals surface area contributed by atoms with Crippen molar-refractivity contribution in [3.63, 3.8) is 0 Å². The molecule has 0 N–H and O–H groups in total. The van der Waals surface area contributed by atoms with Crippen LogP contribution in [0.15, 0.2) is 23.4 Å². The zero-order chi connectivity index (χ0) is 24.8. The predicted molar refractivity (Wildman–Crippen MR) is 124 cm³/mol. The highest BCUT2D eigenvalue weighted by Crippen LogP contribution is 2.21. The Bertz CT molecular complexity index is 847. The number of hydrogen-bond acceptors (Lipinski definition) is 9. The van der Waals surface area contributed by atoms with Crippen LogP contribution in [0.4, 0.5) is 10.6 Å². The minimum Gasteiger partial charge on any atom is -0.444 e. The number of carbonyl (C=O) groups excluding carboxylic acids is 1. The SMILES string of the molecule is CC(C)(C)OC(=O)N1CCN(c2ccc(C#N)cn2)C(COCCOCCOCCN=[N+]=[N-])C1. The highest BCUT2D eigenvalue weighted by molar-refractivity contribution is 5.68. The maximum Gasteiger partial charge on any atom is 0.410 e. The largest absolute Gasteiger partial charge is 0.444 e. The molecule has 186 valence electrons. The van der Waals surface area contributed by atoms with Crippen molar-refractivity contribution >= 4 is 11.9 Å². The highest BCUT2D eigenvalue weighted by Gasteiger charge is 2.32. The Morgan fingerprint density at radius 3 is 2.53 bits per heavy atom. The van der Waals surface area contributed by atoms with Gasteiger partial charge in [-0.3, -0.25) is 0 Å². The third-order valence-electron chi connectivity index (χ3n) is 4.76. The molecular weight excluding hydrogens is 442 g/mol. The molecule has 0 bridgehead atoms. The number of anilines is 1. The summed E-state index contributed by atoms with van der Waals surface area (Å²) in [5.41, 5.74) is 8.11. The van der Waals surface area contributed by atoms with Gasteiger partial charge < -0.3 is 28.7 Å². The van der Waals surface area contributed by atoms with Crippen molar-refractivity contribution in [3.8, 4) is 6.07 Å². The van der Waals surface area contributed by atoms with E-state index in [-0.39, 0.29) is 12.1 Å². The summed E-state index contributed by atoms with van der Waals surface area (Å²) in [7, 11) is 0. The molecule has 12 heteroatoms. The lowest BCUT2D eigenvalue weighted by atomic mass is 10.1. The van der Waals surface area contributed by atoms with Crippen LogP contribution in [-0.4, -0.2) is 93.4 Å².